The van der Waals surface area contributed by atoms with E-state index in [1.165, 1.54) is 26.4 Å². The monoisotopic (exact) mass is 272 g/mol. The second-order valence-electron chi connectivity index (χ2n) is 4.03. The molecule has 5 nitrogen and oxygen atoms in total. The molecule has 5 heteroatoms. The van der Waals surface area contributed by atoms with E-state index in [0.717, 1.165) is 6.08 Å². The van der Waals surface area contributed by atoms with Crippen LogP contribution in [0, 0.1) is 0 Å². The number of fused-ring (bicyclic) bond motifs is 1. The van der Waals surface area contributed by atoms with E-state index in [9.17, 15) is 14.4 Å². The number of methoxy groups -OCH3 is 2. The van der Waals surface area contributed by atoms with Crippen LogP contribution in [0.15, 0.2) is 42.0 Å². The zero-order valence-electron chi connectivity index (χ0n) is 11.0. The fourth-order valence-corrected chi connectivity index (χ4v) is 1.93. The molecule has 1 aliphatic rings. The van der Waals surface area contributed by atoms with Gasteiger partial charge in [-0.25, -0.2) is 4.79 Å². The number of hydrogen-bond donors (Lipinski definition) is 0. The molecule has 0 radical (unpaired) electrons. The fraction of sp³-hybridized carbons (Fsp3) is 0.133. The molecule has 0 aliphatic heterocycles. The number of benzene rings is 1. The van der Waals surface area contributed by atoms with Crippen LogP contribution in [-0.4, -0.2) is 31.8 Å². The van der Waals surface area contributed by atoms with E-state index in [1.54, 1.807) is 18.2 Å². The first-order valence-electron chi connectivity index (χ1n) is 5.82. The first-order valence-corrected chi connectivity index (χ1v) is 5.82. The molecule has 1 aliphatic carbocycles. The summed E-state index contributed by atoms with van der Waals surface area (Å²) in [7, 11) is 2.67. The Hall–Kier alpha value is -2.69. The van der Waals surface area contributed by atoms with E-state index in [1.807, 2.05) is 0 Å². The van der Waals surface area contributed by atoms with Crippen molar-refractivity contribution in [2.45, 2.75) is 0 Å². The predicted molar refractivity (Wildman–Crippen MR) is 70.9 cm³/mol. The molecule has 0 saturated heterocycles. The summed E-state index contributed by atoms with van der Waals surface area (Å²) in [6.07, 6.45) is 3.56. The summed E-state index contributed by atoms with van der Waals surface area (Å²) in [5.74, 6) is -0.907. The minimum absolute atomic E-state index is 0.140. The van der Waals surface area contributed by atoms with Crippen LogP contribution in [0.4, 0.5) is 0 Å². The third-order valence-electron chi connectivity index (χ3n) is 2.89. The number of Topliss-reactive ketones (excluding diaryl/α,β-unsaturated/α-hetero) is 1. The van der Waals surface area contributed by atoms with Gasteiger partial charge in [0, 0.05) is 17.2 Å². The molecule has 0 bridgehead atoms. The van der Waals surface area contributed by atoms with E-state index in [4.69, 9.17) is 4.74 Å². The molecule has 0 saturated carbocycles. The normalized spacial score (nSPS) is 14.0. The molecule has 0 unspecified atom stereocenters. The van der Waals surface area contributed by atoms with Gasteiger partial charge in [-0.1, -0.05) is 12.1 Å². The Morgan fingerprint density at radius 2 is 1.95 bits per heavy atom. The fourth-order valence-electron chi connectivity index (χ4n) is 1.93. The summed E-state index contributed by atoms with van der Waals surface area (Å²) < 4.78 is 9.53. The van der Waals surface area contributed by atoms with Gasteiger partial charge in [0.25, 0.3) is 0 Å². The number of hydrogen-bond acceptors (Lipinski definition) is 5. The maximum absolute atomic E-state index is 12.3. The Morgan fingerprint density at radius 1 is 1.20 bits per heavy atom. The summed E-state index contributed by atoms with van der Waals surface area (Å²) in [6.45, 7) is 0. The van der Waals surface area contributed by atoms with Gasteiger partial charge in [-0.3, -0.25) is 9.59 Å². The molecule has 1 aromatic carbocycles. The summed E-state index contributed by atoms with van der Waals surface area (Å²) in [5.41, 5.74) is 0.651. The average Bonchev–Trinajstić information content (AvgIpc) is 2.48. The van der Waals surface area contributed by atoms with Gasteiger partial charge in [-0.15, -0.1) is 0 Å². The Morgan fingerprint density at radius 3 is 2.60 bits per heavy atom. The number of ether oxygens (including phenoxy) is 2. The van der Waals surface area contributed by atoms with Crippen LogP contribution >= 0.6 is 0 Å². The maximum atomic E-state index is 12.3. The van der Waals surface area contributed by atoms with Crippen LogP contribution in [0.25, 0.3) is 0 Å². The largest absolute Gasteiger partial charge is 0.496 e. The highest BCUT2D eigenvalue weighted by atomic mass is 16.5. The van der Waals surface area contributed by atoms with Gasteiger partial charge in [0.05, 0.1) is 19.8 Å². The van der Waals surface area contributed by atoms with Crippen molar-refractivity contribution in [3.05, 3.63) is 53.1 Å². The van der Waals surface area contributed by atoms with Gasteiger partial charge in [-0.05, 0) is 18.2 Å². The molecule has 0 atom stereocenters. The highest BCUT2D eigenvalue weighted by Crippen LogP contribution is 2.29. The molecule has 1 aromatic rings. The van der Waals surface area contributed by atoms with Crippen molar-refractivity contribution in [1.82, 2.24) is 0 Å². The van der Waals surface area contributed by atoms with Gasteiger partial charge in [-0.2, -0.15) is 0 Å². The number of allylic oxidation sites excluding steroid dienone is 3. The van der Waals surface area contributed by atoms with E-state index >= 15 is 0 Å². The highest BCUT2D eigenvalue weighted by molar-refractivity contribution is 6.26. The van der Waals surface area contributed by atoms with E-state index in [-0.39, 0.29) is 28.3 Å². The van der Waals surface area contributed by atoms with Gasteiger partial charge < -0.3 is 9.47 Å². The maximum Gasteiger partial charge on any atom is 0.330 e. The quantitative estimate of drug-likeness (QED) is 0.619. The van der Waals surface area contributed by atoms with Crippen molar-refractivity contribution >= 4 is 17.5 Å². The van der Waals surface area contributed by atoms with Crippen LogP contribution in [0.3, 0.4) is 0 Å². The lowest BCUT2D eigenvalue weighted by molar-refractivity contribution is -0.134. The Bertz CT molecular complexity index is 652. The first kappa shape index (κ1) is 13.7. The van der Waals surface area contributed by atoms with Crippen LogP contribution in [0.5, 0.6) is 5.75 Å². The van der Waals surface area contributed by atoms with Gasteiger partial charge in [0.15, 0.2) is 11.6 Å². The molecule has 0 heterocycles. The van der Waals surface area contributed by atoms with E-state index in [0.29, 0.717) is 5.75 Å². The minimum atomic E-state index is -0.595. The molecule has 0 N–H and O–H groups in total. The van der Waals surface area contributed by atoms with E-state index in [2.05, 4.69) is 4.74 Å². The van der Waals surface area contributed by atoms with Crippen LogP contribution < -0.4 is 4.74 Å². The van der Waals surface area contributed by atoms with Crippen molar-refractivity contribution in [3.63, 3.8) is 0 Å². The molecule has 0 fully saturated rings. The number of rotatable bonds is 3. The summed E-state index contributed by atoms with van der Waals surface area (Å²) in [4.78, 5) is 35.4. The minimum Gasteiger partial charge on any atom is -0.496 e. The van der Waals surface area contributed by atoms with Crippen LogP contribution in [0.1, 0.15) is 20.7 Å². The standard InChI is InChI=1S/C15H12O5/c1-19-12-5-3-4-10-14(12)11(16)8-9(15(10)18)6-7-13(17)20-2/h3-8H,1-2H3/b7-6+. The summed E-state index contributed by atoms with van der Waals surface area (Å²) >= 11 is 0. The predicted octanol–water partition coefficient (Wildman–Crippen LogP) is 1.73. The van der Waals surface area contributed by atoms with Crippen molar-refractivity contribution < 1.29 is 23.9 Å². The number of carbonyl (C=O) groups is 3. The van der Waals surface area contributed by atoms with Crippen molar-refractivity contribution in [2.24, 2.45) is 0 Å². The molecule has 0 aromatic heterocycles. The average molecular weight is 272 g/mol. The molecule has 0 amide bonds. The first-order chi connectivity index (χ1) is 9.58. The smallest absolute Gasteiger partial charge is 0.330 e. The van der Waals surface area contributed by atoms with Crippen LogP contribution in [0.2, 0.25) is 0 Å². The molecular formula is C15H12O5. The lowest BCUT2D eigenvalue weighted by Gasteiger charge is -2.15. The second kappa shape index (κ2) is 5.52. The third-order valence-corrected chi connectivity index (χ3v) is 2.89. The highest BCUT2D eigenvalue weighted by Gasteiger charge is 2.27. The van der Waals surface area contributed by atoms with Crippen molar-refractivity contribution in [2.75, 3.05) is 14.2 Å². The lowest BCUT2D eigenvalue weighted by Crippen LogP contribution is -2.17. The third kappa shape index (κ3) is 2.38. The molecule has 20 heavy (non-hydrogen) atoms. The Kier molecular flexibility index (Phi) is 3.79. The van der Waals surface area contributed by atoms with Crippen molar-refractivity contribution in [3.8, 4) is 5.75 Å². The van der Waals surface area contributed by atoms with Gasteiger partial charge in [0.2, 0.25) is 0 Å². The number of esters is 1. The Balaban J connectivity index is 2.44. The van der Waals surface area contributed by atoms with Crippen molar-refractivity contribution in [1.29, 1.82) is 0 Å². The van der Waals surface area contributed by atoms with Crippen LogP contribution in [-0.2, 0) is 9.53 Å². The van der Waals surface area contributed by atoms with Gasteiger partial charge in [0.1, 0.15) is 5.75 Å². The molecule has 0 spiro atoms. The number of carbonyl (C=O) groups excluding carboxylic acids is 3. The Labute approximate surface area is 115 Å². The number of ketones is 2. The lowest BCUT2D eigenvalue weighted by atomic mass is 9.88. The zero-order chi connectivity index (χ0) is 14.7. The zero-order valence-corrected chi connectivity index (χ0v) is 11.0. The van der Waals surface area contributed by atoms with E-state index < -0.39 is 5.97 Å². The molecule has 2 rings (SSSR count). The summed E-state index contributed by atoms with van der Waals surface area (Å²) in [6, 6.07) is 4.81. The second-order valence-corrected chi connectivity index (χ2v) is 4.03. The molecular weight excluding hydrogens is 260 g/mol. The topological polar surface area (TPSA) is 69.7 Å². The van der Waals surface area contributed by atoms with Gasteiger partial charge >= 0.3 is 5.97 Å². The SMILES string of the molecule is COC(=O)/C=C/C1=CC(=O)c2c(OC)cccc2C1=O. The summed E-state index contributed by atoms with van der Waals surface area (Å²) in [5, 5.41) is 0. The molecule has 102 valence electrons.